The van der Waals surface area contributed by atoms with Crippen molar-refractivity contribution >= 4 is 23.2 Å². The van der Waals surface area contributed by atoms with Gasteiger partial charge >= 0.3 is 0 Å². The summed E-state index contributed by atoms with van der Waals surface area (Å²) < 4.78 is 4.49. The summed E-state index contributed by atoms with van der Waals surface area (Å²) in [6.45, 7) is 15.3. The minimum Gasteiger partial charge on any atom is -0.234 e. The molecule has 24 heavy (non-hydrogen) atoms. The highest BCUT2D eigenvalue weighted by atomic mass is 35.5. The summed E-state index contributed by atoms with van der Waals surface area (Å²) in [5.74, 6) is 1.19. The van der Waals surface area contributed by atoms with Gasteiger partial charge in [-0.1, -0.05) is 63.9 Å². The van der Waals surface area contributed by atoms with Gasteiger partial charge in [-0.25, -0.2) is 9.13 Å². The van der Waals surface area contributed by atoms with E-state index in [1.807, 2.05) is 0 Å². The van der Waals surface area contributed by atoms with Crippen LogP contribution in [0, 0.1) is 29.9 Å². The van der Waals surface area contributed by atoms with Crippen LogP contribution in [0.25, 0.3) is 0 Å². The van der Waals surface area contributed by atoms with Crippen LogP contribution in [-0.2, 0) is 13.1 Å². The van der Waals surface area contributed by atoms with E-state index in [2.05, 4.69) is 75.2 Å². The topological polar surface area (TPSA) is 8.81 Å². The molecule has 0 amide bonds. The second-order valence-corrected chi connectivity index (χ2v) is 9.34. The summed E-state index contributed by atoms with van der Waals surface area (Å²) in [4.78, 5) is 0. The molecule has 1 aromatic heterocycles. The zero-order valence-electron chi connectivity index (χ0n) is 15.5. The van der Waals surface area contributed by atoms with Crippen LogP contribution in [0.5, 0.6) is 0 Å². The van der Waals surface area contributed by atoms with Gasteiger partial charge in [0.05, 0.1) is 16.6 Å². The van der Waals surface area contributed by atoms with Gasteiger partial charge in [0.2, 0.25) is 0 Å². The molecule has 0 radical (unpaired) electrons. The van der Waals surface area contributed by atoms with Gasteiger partial charge in [0.15, 0.2) is 0 Å². The molecule has 0 unspecified atom stereocenters. The monoisotopic (exact) mass is 365 g/mol. The summed E-state index contributed by atoms with van der Waals surface area (Å²) in [6.07, 6.45) is 5.39. The number of nitrogens with zero attached hydrogens (tertiary/aromatic N) is 2. The highest BCUT2D eigenvalue weighted by molar-refractivity contribution is 6.35. The predicted octanol–water partition coefficient (Wildman–Crippen LogP) is 5.50. The first-order valence-corrected chi connectivity index (χ1v) is 9.05. The maximum Gasteiger partial charge on any atom is 0.253 e. The summed E-state index contributed by atoms with van der Waals surface area (Å²) in [7, 11) is 0. The van der Waals surface area contributed by atoms with Crippen molar-refractivity contribution in [1.29, 1.82) is 0 Å². The van der Waals surface area contributed by atoms with E-state index in [1.165, 1.54) is 12.2 Å². The number of hydrogen-bond acceptors (Lipinski definition) is 0. The number of halogens is 2. The Morgan fingerprint density at radius 3 is 2.42 bits per heavy atom. The molecule has 0 N–H and O–H groups in total. The lowest BCUT2D eigenvalue weighted by Crippen LogP contribution is -2.37. The smallest absolute Gasteiger partial charge is 0.234 e. The molecule has 0 spiro atoms. The van der Waals surface area contributed by atoms with Crippen molar-refractivity contribution in [2.75, 3.05) is 0 Å². The Balaban J connectivity index is 2.20. The SMILES string of the molecule is Cc1n(CC(C)(C)CC(C)(C)C)cc[n+]1Cc1c(Cl)c#ccc1Cl. The summed E-state index contributed by atoms with van der Waals surface area (Å²) >= 11 is 12.5. The third kappa shape index (κ3) is 4.91. The van der Waals surface area contributed by atoms with E-state index in [0.29, 0.717) is 22.0 Å². The Morgan fingerprint density at radius 1 is 1.17 bits per heavy atom. The Morgan fingerprint density at radius 2 is 1.83 bits per heavy atom. The summed E-state index contributed by atoms with van der Waals surface area (Å²) in [6, 6.07) is 7.42. The lowest BCUT2D eigenvalue weighted by molar-refractivity contribution is -0.694. The zero-order chi connectivity index (χ0) is 18.1. The van der Waals surface area contributed by atoms with Gasteiger partial charge in [-0.3, -0.25) is 0 Å². The van der Waals surface area contributed by atoms with Crippen LogP contribution >= 0.6 is 23.2 Å². The maximum absolute atomic E-state index is 6.26. The van der Waals surface area contributed by atoms with Crippen LogP contribution in [0.2, 0.25) is 10.0 Å². The molecule has 130 valence electrons. The molecule has 2 aromatic rings. The van der Waals surface area contributed by atoms with Crippen molar-refractivity contribution in [3.8, 4) is 0 Å². The van der Waals surface area contributed by atoms with Crippen LogP contribution in [0.15, 0.2) is 18.5 Å². The molecule has 4 heteroatoms. The highest BCUT2D eigenvalue weighted by Gasteiger charge is 2.29. The van der Waals surface area contributed by atoms with E-state index < -0.39 is 0 Å². The number of imidazole rings is 1. The van der Waals surface area contributed by atoms with Crippen LogP contribution < -0.4 is 4.57 Å². The van der Waals surface area contributed by atoms with Crippen molar-refractivity contribution in [2.24, 2.45) is 10.8 Å². The molecule has 0 fully saturated rings. The molecular formula is C20H27Cl2N2+. The van der Waals surface area contributed by atoms with Crippen molar-refractivity contribution in [3.63, 3.8) is 0 Å². The number of hydrogen-bond donors (Lipinski definition) is 0. The molecule has 2 rings (SSSR count). The van der Waals surface area contributed by atoms with Crippen molar-refractivity contribution in [1.82, 2.24) is 4.57 Å². The Labute approximate surface area is 156 Å². The molecule has 0 aliphatic heterocycles. The first-order valence-electron chi connectivity index (χ1n) is 8.30. The van der Waals surface area contributed by atoms with Crippen LogP contribution in [0.4, 0.5) is 0 Å². The van der Waals surface area contributed by atoms with Gasteiger partial charge in [-0.05, 0) is 17.9 Å². The Hall–Kier alpha value is -1.17. The van der Waals surface area contributed by atoms with Crippen molar-refractivity contribution < 1.29 is 4.57 Å². The lowest BCUT2D eigenvalue weighted by atomic mass is 9.76. The minimum atomic E-state index is 0.227. The van der Waals surface area contributed by atoms with Gasteiger partial charge in [0.1, 0.15) is 18.9 Å². The van der Waals surface area contributed by atoms with Crippen molar-refractivity contribution in [3.05, 3.63) is 52.0 Å². The van der Waals surface area contributed by atoms with Gasteiger partial charge in [-0.2, -0.15) is 0 Å². The second kappa shape index (κ2) is 6.98. The van der Waals surface area contributed by atoms with Crippen molar-refractivity contribution in [2.45, 2.75) is 61.1 Å². The number of aromatic nitrogens is 2. The van der Waals surface area contributed by atoms with Crippen LogP contribution in [0.3, 0.4) is 0 Å². The summed E-state index contributed by atoms with van der Waals surface area (Å²) in [5, 5.41) is 1.17. The average Bonchev–Trinajstić information content (AvgIpc) is 2.72. The molecule has 0 saturated heterocycles. The first-order chi connectivity index (χ1) is 11.0. The lowest BCUT2D eigenvalue weighted by Gasteiger charge is -2.31. The van der Waals surface area contributed by atoms with Crippen LogP contribution in [0.1, 0.15) is 52.4 Å². The largest absolute Gasteiger partial charge is 0.253 e. The summed E-state index contributed by atoms with van der Waals surface area (Å²) in [5.41, 5.74) is 1.43. The Kier molecular flexibility index (Phi) is 5.57. The second-order valence-electron chi connectivity index (χ2n) is 8.56. The van der Waals surface area contributed by atoms with Crippen LogP contribution in [-0.4, -0.2) is 4.57 Å². The van der Waals surface area contributed by atoms with E-state index >= 15 is 0 Å². The molecule has 0 saturated carbocycles. The third-order valence-corrected chi connectivity index (χ3v) is 4.79. The maximum atomic E-state index is 6.26. The van der Waals surface area contributed by atoms with E-state index in [4.69, 9.17) is 23.2 Å². The Bertz CT molecular complexity index is 689. The zero-order valence-corrected chi connectivity index (χ0v) is 17.0. The van der Waals surface area contributed by atoms with Gasteiger partial charge in [0, 0.05) is 24.0 Å². The molecule has 0 bridgehead atoms. The van der Waals surface area contributed by atoms with E-state index in [9.17, 15) is 0 Å². The highest BCUT2D eigenvalue weighted by Crippen LogP contribution is 2.34. The molecule has 0 aliphatic carbocycles. The normalized spacial score (nSPS) is 12.3. The predicted molar refractivity (Wildman–Crippen MR) is 100 cm³/mol. The third-order valence-electron chi connectivity index (χ3n) is 4.13. The van der Waals surface area contributed by atoms with E-state index in [-0.39, 0.29) is 5.41 Å². The van der Waals surface area contributed by atoms with Gasteiger partial charge in [-0.15, -0.1) is 0 Å². The fourth-order valence-corrected chi connectivity index (χ4v) is 4.05. The first kappa shape index (κ1) is 19.2. The molecular weight excluding hydrogens is 339 g/mol. The standard InChI is InChI=1S/C20H27Cl2N2/c1-15-23(12-16-17(21)8-7-9-18(16)22)10-11-24(15)14-20(5,6)13-19(2,3)4/h8,10-11H,12-14H2,1-6H3/q+1. The van der Waals surface area contributed by atoms with Gasteiger partial charge < -0.3 is 0 Å². The average molecular weight is 366 g/mol. The number of rotatable bonds is 5. The molecule has 1 aromatic carbocycles. The van der Waals surface area contributed by atoms with Gasteiger partial charge in [0.25, 0.3) is 5.82 Å². The fraction of sp³-hybridized carbons (Fsp3) is 0.550. The quantitative estimate of drug-likeness (QED) is 0.618. The van der Waals surface area contributed by atoms with E-state index in [0.717, 1.165) is 12.1 Å². The molecule has 0 atom stereocenters. The molecule has 2 nitrogen and oxygen atoms in total. The molecule has 1 heterocycles. The molecule has 0 aliphatic rings. The minimum absolute atomic E-state index is 0.227. The van der Waals surface area contributed by atoms with E-state index in [1.54, 1.807) is 6.07 Å². The fourth-order valence-electron chi connectivity index (χ4n) is 3.57.